The molecule has 5 aliphatic rings. The quantitative estimate of drug-likeness (QED) is 0.147. The number of nitrogens with zero attached hydrogens (tertiary/aromatic N) is 3. The number of halogens is 2. The number of aromatic hydroxyl groups is 1. The van der Waals surface area contributed by atoms with Gasteiger partial charge in [0.1, 0.15) is 17.3 Å². The number of methoxy groups -OCH3 is 1. The lowest BCUT2D eigenvalue weighted by Crippen LogP contribution is -2.53. The van der Waals surface area contributed by atoms with Crippen LogP contribution in [0.4, 0.5) is 10.1 Å². The largest absolute Gasteiger partial charge is 0.508 e. The molecule has 2 aliphatic carbocycles. The number of benzene rings is 4. The van der Waals surface area contributed by atoms with Gasteiger partial charge in [0.15, 0.2) is 0 Å². The first kappa shape index (κ1) is 37.1. The van der Waals surface area contributed by atoms with Gasteiger partial charge in [0.2, 0.25) is 11.8 Å². The van der Waals surface area contributed by atoms with Crippen LogP contribution in [0.1, 0.15) is 48.3 Å². The Morgan fingerprint density at radius 3 is 2.30 bits per heavy atom. The first-order valence-electron chi connectivity index (χ1n) is 19.5. The molecule has 9 rings (SSSR count). The van der Waals surface area contributed by atoms with Gasteiger partial charge >= 0.3 is 0 Å². The van der Waals surface area contributed by atoms with E-state index >= 15 is 4.79 Å². The normalized spacial score (nSPS) is 27.6. The lowest BCUT2D eigenvalue weighted by atomic mass is 9.49. The maximum Gasteiger partial charge on any atom is 0.260 e. The van der Waals surface area contributed by atoms with Crippen molar-refractivity contribution < 1.29 is 33.4 Å². The monoisotopic (exact) mass is 788 g/mol. The number of nitrogens with one attached hydrogen (secondary N) is 1. The highest BCUT2D eigenvalue weighted by Crippen LogP contribution is 2.65. The van der Waals surface area contributed by atoms with Crippen molar-refractivity contribution >= 4 is 40.9 Å². The number of hydrogen-bond acceptors (Lipinski definition) is 8. The Hall–Kier alpha value is -5.52. The van der Waals surface area contributed by atoms with Crippen LogP contribution in [0.25, 0.3) is 0 Å². The Bertz CT molecular complexity index is 2280. The van der Waals surface area contributed by atoms with E-state index in [4.69, 9.17) is 16.3 Å². The molecule has 10 nitrogen and oxygen atoms in total. The molecule has 4 amide bonds. The third kappa shape index (κ3) is 6.01. The molecule has 0 bridgehead atoms. The number of imide groups is 2. The van der Waals surface area contributed by atoms with Crippen LogP contribution in [-0.4, -0.2) is 69.8 Å². The summed E-state index contributed by atoms with van der Waals surface area (Å²) in [7, 11) is 1.50. The molecule has 6 unspecified atom stereocenters. The number of fused-ring (bicyclic) bond motifs is 4. The highest BCUT2D eigenvalue weighted by Gasteiger charge is 2.71. The number of anilines is 1. The van der Waals surface area contributed by atoms with E-state index in [-0.39, 0.29) is 36.4 Å². The number of hydrogen-bond donors (Lipinski definition) is 2. The third-order valence-electron chi connectivity index (χ3n) is 13.0. The zero-order chi connectivity index (χ0) is 39.6. The fourth-order valence-electron chi connectivity index (χ4n) is 10.5. The SMILES string of the molecule is COc1ccc(O)c(C2C3=CCC4C(=O)N(C5CCN(Cc6ccccc6)CC5)C(=O)C4C3CC3C(=O)N(Nc4ccc(F)cc4)C(=O)C32c2ccc(Cl)cc2)c1. The summed E-state index contributed by atoms with van der Waals surface area (Å²) < 4.78 is 19.6. The summed E-state index contributed by atoms with van der Waals surface area (Å²) in [6.07, 6.45) is 3.66. The van der Waals surface area contributed by atoms with Crippen LogP contribution >= 0.6 is 11.6 Å². The van der Waals surface area contributed by atoms with Gasteiger partial charge in [-0.1, -0.05) is 65.7 Å². The van der Waals surface area contributed by atoms with Crippen molar-refractivity contribution in [3.05, 3.63) is 136 Å². The van der Waals surface area contributed by atoms with E-state index in [9.17, 15) is 23.9 Å². The molecule has 3 aliphatic heterocycles. The van der Waals surface area contributed by atoms with Gasteiger partial charge in [-0.05, 0) is 97.3 Å². The van der Waals surface area contributed by atoms with Crippen LogP contribution in [0.15, 0.2) is 109 Å². The molecule has 1 saturated carbocycles. The topological polar surface area (TPSA) is 119 Å². The second-order valence-electron chi connectivity index (χ2n) is 15.8. The van der Waals surface area contributed by atoms with Gasteiger partial charge in [-0.25, -0.2) is 4.39 Å². The molecule has 4 aromatic rings. The lowest BCUT2D eigenvalue weighted by molar-refractivity contribution is -0.144. The first-order chi connectivity index (χ1) is 27.6. The van der Waals surface area contributed by atoms with Gasteiger partial charge < -0.3 is 9.84 Å². The number of rotatable bonds is 8. The van der Waals surface area contributed by atoms with Crippen LogP contribution in [-0.2, 0) is 31.1 Å². The predicted octanol–water partition coefficient (Wildman–Crippen LogP) is 6.84. The zero-order valence-electron chi connectivity index (χ0n) is 31.3. The van der Waals surface area contributed by atoms with Gasteiger partial charge in [-0.15, -0.1) is 0 Å². The Balaban J connectivity index is 1.12. The van der Waals surface area contributed by atoms with Crippen LogP contribution in [0.5, 0.6) is 11.5 Å². The standard InChI is InChI=1S/C45H42ClFN4O6/c1-57-32-15-18-38(52)36(23-32)40-33-16-17-34-39(43(55)50(41(34)53)31-19-21-49(22-20-31)25-26-5-3-2-4-6-26)35(33)24-37-42(54)51(48-30-13-11-29(47)12-14-30)44(56)45(37,40)27-7-9-28(46)10-8-27/h2-16,18,23,31,34-35,37,39-40,48,52H,17,19-22,24-25H2,1H3. The molecule has 0 spiro atoms. The summed E-state index contributed by atoms with van der Waals surface area (Å²) in [4.78, 5) is 63.3. The molecule has 6 atom stereocenters. The van der Waals surface area contributed by atoms with E-state index in [1.165, 1.54) is 47.9 Å². The Labute approximate surface area is 334 Å². The van der Waals surface area contributed by atoms with Gasteiger partial charge in [0.05, 0.1) is 36.0 Å². The summed E-state index contributed by atoms with van der Waals surface area (Å²) in [6, 6.07) is 26.9. The summed E-state index contributed by atoms with van der Waals surface area (Å²) in [5.74, 6) is -5.64. The number of allylic oxidation sites excluding steroid dienone is 2. The molecule has 0 radical (unpaired) electrons. The van der Waals surface area contributed by atoms with E-state index in [1.807, 2.05) is 24.3 Å². The van der Waals surface area contributed by atoms with Crippen molar-refractivity contribution in [2.75, 3.05) is 25.6 Å². The molecule has 4 aromatic carbocycles. The summed E-state index contributed by atoms with van der Waals surface area (Å²) in [5.41, 5.74) is 4.44. The zero-order valence-corrected chi connectivity index (χ0v) is 32.1. The minimum atomic E-state index is -1.62. The Kier molecular flexibility index (Phi) is 9.40. The number of ether oxygens (including phenoxy) is 1. The fourth-order valence-corrected chi connectivity index (χ4v) is 10.6. The molecule has 4 fully saturated rings. The average molecular weight is 789 g/mol. The maximum atomic E-state index is 15.4. The highest BCUT2D eigenvalue weighted by molar-refractivity contribution is 6.30. The molecule has 3 heterocycles. The molecule has 3 saturated heterocycles. The van der Waals surface area contributed by atoms with Crippen LogP contribution < -0.4 is 10.2 Å². The number of amides is 4. The van der Waals surface area contributed by atoms with Crippen molar-refractivity contribution in [2.45, 2.75) is 49.6 Å². The molecule has 12 heteroatoms. The number of carbonyl (C=O) groups excluding carboxylic acids is 4. The van der Waals surface area contributed by atoms with E-state index in [2.05, 4.69) is 22.5 Å². The molecule has 57 heavy (non-hydrogen) atoms. The second kappa shape index (κ2) is 14.5. The van der Waals surface area contributed by atoms with Crippen LogP contribution in [0.3, 0.4) is 0 Å². The van der Waals surface area contributed by atoms with Crippen LogP contribution in [0.2, 0.25) is 5.02 Å². The van der Waals surface area contributed by atoms with Crippen molar-refractivity contribution in [3.8, 4) is 11.5 Å². The summed E-state index contributed by atoms with van der Waals surface area (Å²) >= 11 is 6.40. The van der Waals surface area contributed by atoms with E-state index in [0.717, 1.165) is 30.2 Å². The van der Waals surface area contributed by atoms with Crippen molar-refractivity contribution in [1.29, 1.82) is 0 Å². The minimum Gasteiger partial charge on any atom is -0.508 e. The fraction of sp³-hybridized carbons (Fsp3) is 0.333. The maximum absolute atomic E-state index is 15.4. The summed E-state index contributed by atoms with van der Waals surface area (Å²) in [5, 5.41) is 13.1. The number of phenols is 1. The second-order valence-corrected chi connectivity index (χ2v) is 16.3. The first-order valence-corrected chi connectivity index (χ1v) is 19.8. The highest BCUT2D eigenvalue weighted by atomic mass is 35.5. The molecule has 0 aromatic heterocycles. The van der Waals surface area contributed by atoms with Gasteiger partial charge in [0.25, 0.3) is 11.8 Å². The smallest absolute Gasteiger partial charge is 0.260 e. The predicted molar refractivity (Wildman–Crippen MR) is 210 cm³/mol. The number of hydrazine groups is 1. The average Bonchev–Trinajstić information content (AvgIpc) is 3.60. The van der Waals surface area contributed by atoms with E-state index in [1.54, 1.807) is 36.4 Å². The molecule has 2 N–H and O–H groups in total. The van der Waals surface area contributed by atoms with Gasteiger partial charge in [-0.2, -0.15) is 5.01 Å². The Morgan fingerprint density at radius 2 is 1.60 bits per heavy atom. The van der Waals surface area contributed by atoms with Crippen molar-refractivity contribution in [2.24, 2.45) is 23.7 Å². The molecular formula is C45H42ClFN4O6. The molecular weight excluding hydrogens is 747 g/mol. The lowest BCUT2D eigenvalue weighted by Gasteiger charge is -2.50. The Morgan fingerprint density at radius 1 is 0.877 bits per heavy atom. The van der Waals surface area contributed by atoms with Gasteiger partial charge in [-0.3, -0.25) is 34.4 Å². The van der Waals surface area contributed by atoms with Gasteiger partial charge in [0, 0.05) is 42.2 Å². The minimum absolute atomic E-state index is 0.103. The number of phenolic OH excluding ortho intramolecular Hbond substituents is 1. The number of carbonyl (C=O) groups is 4. The van der Waals surface area contributed by atoms with Crippen molar-refractivity contribution in [1.82, 2.24) is 14.8 Å². The summed E-state index contributed by atoms with van der Waals surface area (Å²) in [6.45, 7) is 2.29. The van der Waals surface area contributed by atoms with Crippen LogP contribution in [0, 0.1) is 29.5 Å². The third-order valence-corrected chi connectivity index (χ3v) is 13.3. The van der Waals surface area contributed by atoms with E-state index in [0.29, 0.717) is 40.4 Å². The van der Waals surface area contributed by atoms with E-state index < -0.39 is 52.6 Å². The number of piperidine rings is 1. The van der Waals surface area contributed by atoms with Crippen molar-refractivity contribution in [3.63, 3.8) is 0 Å². The number of likely N-dealkylation sites (tertiary alicyclic amines) is 2. The molecule has 292 valence electrons.